The van der Waals surface area contributed by atoms with E-state index in [0.717, 1.165) is 6.54 Å². The van der Waals surface area contributed by atoms with Crippen molar-refractivity contribution in [1.82, 2.24) is 9.80 Å². The first kappa shape index (κ1) is 9.44. The van der Waals surface area contributed by atoms with Crippen molar-refractivity contribution in [3.05, 3.63) is 0 Å². The fourth-order valence-corrected chi connectivity index (χ4v) is 2.03. The third-order valence-corrected chi connectivity index (χ3v) is 3.47. The molecule has 1 unspecified atom stereocenters. The molecule has 0 aromatic rings. The number of nitrogens with zero attached hydrogens (tertiary/aromatic N) is 2. The highest BCUT2D eigenvalue weighted by Crippen LogP contribution is 2.33. The van der Waals surface area contributed by atoms with E-state index in [1.807, 2.05) is 0 Å². The van der Waals surface area contributed by atoms with Crippen molar-refractivity contribution >= 4 is 0 Å². The van der Waals surface area contributed by atoms with Gasteiger partial charge in [0, 0.05) is 37.8 Å². The zero-order chi connectivity index (χ0) is 9.47. The summed E-state index contributed by atoms with van der Waals surface area (Å²) in [6.07, 6.45) is 2.46. The van der Waals surface area contributed by atoms with Gasteiger partial charge in [-0.05, 0) is 26.8 Å². The zero-order valence-corrected chi connectivity index (χ0v) is 8.79. The van der Waals surface area contributed by atoms with Gasteiger partial charge in [0.2, 0.25) is 0 Å². The Kier molecular flexibility index (Phi) is 2.34. The van der Waals surface area contributed by atoms with Crippen LogP contribution in [0.15, 0.2) is 0 Å². The van der Waals surface area contributed by atoms with E-state index in [2.05, 4.69) is 23.8 Å². The Morgan fingerprint density at radius 3 is 2.62 bits per heavy atom. The predicted molar refractivity (Wildman–Crippen MR) is 54.7 cm³/mol. The quantitative estimate of drug-likeness (QED) is 0.660. The molecule has 0 aromatic heterocycles. The fraction of sp³-hybridized carbons (Fsp3) is 1.00. The van der Waals surface area contributed by atoms with Gasteiger partial charge in [-0.25, -0.2) is 0 Å². The Bertz CT molecular complexity index is 189. The van der Waals surface area contributed by atoms with E-state index in [9.17, 15) is 0 Å². The zero-order valence-electron chi connectivity index (χ0n) is 8.79. The lowest BCUT2D eigenvalue weighted by molar-refractivity contribution is 0.0983. The van der Waals surface area contributed by atoms with Gasteiger partial charge in [0.15, 0.2) is 0 Å². The van der Waals surface area contributed by atoms with E-state index in [-0.39, 0.29) is 5.54 Å². The summed E-state index contributed by atoms with van der Waals surface area (Å²) in [6, 6.07) is 0.691. The van der Waals surface area contributed by atoms with Gasteiger partial charge in [-0.15, -0.1) is 0 Å². The van der Waals surface area contributed by atoms with Gasteiger partial charge in [0.25, 0.3) is 0 Å². The van der Waals surface area contributed by atoms with Crippen LogP contribution in [-0.4, -0.2) is 54.6 Å². The maximum Gasteiger partial charge on any atom is 0.0284 e. The number of likely N-dealkylation sites (N-methyl/N-ethyl adjacent to an activating group) is 1. The van der Waals surface area contributed by atoms with Crippen molar-refractivity contribution in [3.63, 3.8) is 0 Å². The van der Waals surface area contributed by atoms with E-state index in [1.165, 1.54) is 32.5 Å². The minimum atomic E-state index is 0.190. The Hall–Kier alpha value is -0.120. The van der Waals surface area contributed by atoms with Gasteiger partial charge in [0.1, 0.15) is 0 Å². The molecule has 0 radical (unpaired) electrons. The largest absolute Gasteiger partial charge is 0.324 e. The minimum Gasteiger partial charge on any atom is -0.324 e. The summed E-state index contributed by atoms with van der Waals surface area (Å²) < 4.78 is 0. The highest BCUT2D eigenvalue weighted by Gasteiger charge is 2.40. The molecule has 0 spiro atoms. The molecule has 76 valence electrons. The molecule has 2 N–H and O–H groups in total. The van der Waals surface area contributed by atoms with Gasteiger partial charge >= 0.3 is 0 Å². The normalized spacial score (nSPS) is 34.8. The van der Waals surface area contributed by atoms with Gasteiger partial charge in [-0.3, -0.25) is 4.90 Å². The highest BCUT2D eigenvalue weighted by molar-refractivity contribution is 5.01. The van der Waals surface area contributed by atoms with E-state index in [1.54, 1.807) is 0 Å². The van der Waals surface area contributed by atoms with E-state index < -0.39 is 0 Å². The summed E-state index contributed by atoms with van der Waals surface area (Å²) in [7, 11) is 2.21. The van der Waals surface area contributed by atoms with Crippen LogP contribution < -0.4 is 5.73 Å². The minimum absolute atomic E-state index is 0.190. The molecule has 1 heterocycles. The predicted octanol–water partition coefficient (Wildman–Crippen LogP) is 0.114. The Morgan fingerprint density at radius 2 is 2.08 bits per heavy atom. The van der Waals surface area contributed by atoms with Crippen LogP contribution in [-0.2, 0) is 0 Å². The molecule has 3 nitrogen and oxygen atoms in total. The molecule has 2 fully saturated rings. The molecular formula is C10H21N3. The van der Waals surface area contributed by atoms with Crippen molar-refractivity contribution < 1.29 is 0 Å². The van der Waals surface area contributed by atoms with E-state index in [4.69, 9.17) is 5.73 Å². The second-order valence-electron chi connectivity index (χ2n) is 4.93. The Labute approximate surface area is 80.9 Å². The average Bonchev–Trinajstić information content (AvgIpc) is 2.76. The van der Waals surface area contributed by atoms with Crippen LogP contribution in [0.3, 0.4) is 0 Å². The second kappa shape index (κ2) is 3.23. The van der Waals surface area contributed by atoms with Gasteiger partial charge in [-0.1, -0.05) is 0 Å². The Morgan fingerprint density at radius 1 is 1.38 bits per heavy atom. The maximum absolute atomic E-state index is 6.10. The fourth-order valence-electron chi connectivity index (χ4n) is 2.03. The third kappa shape index (κ3) is 2.22. The molecule has 0 bridgehead atoms. The maximum atomic E-state index is 6.10. The van der Waals surface area contributed by atoms with Crippen molar-refractivity contribution in [3.8, 4) is 0 Å². The second-order valence-corrected chi connectivity index (χ2v) is 4.93. The first-order valence-electron chi connectivity index (χ1n) is 5.31. The first-order chi connectivity index (χ1) is 6.09. The number of nitrogens with two attached hydrogens (primary N) is 1. The van der Waals surface area contributed by atoms with Crippen LogP contribution in [0.2, 0.25) is 0 Å². The van der Waals surface area contributed by atoms with E-state index >= 15 is 0 Å². The molecule has 1 aliphatic carbocycles. The SMILES string of the molecule is CC1CN(CC2(N)CC2)CCN1C. The molecule has 1 saturated carbocycles. The van der Waals surface area contributed by atoms with Crippen molar-refractivity contribution in [2.75, 3.05) is 33.2 Å². The lowest BCUT2D eigenvalue weighted by Crippen LogP contribution is -2.53. The molecule has 3 heteroatoms. The van der Waals surface area contributed by atoms with Crippen molar-refractivity contribution in [2.45, 2.75) is 31.3 Å². The van der Waals surface area contributed by atoms with Crippen LogP contribution >= 0.6 is 0 Å². The van der Waals surface area contributed by atoms with Crippen LogP contribution in [0, 0.1) is 0 Å². The molecule has 2 aliphatic rings. The number of hydrogen-bond donors (Lipinski definition) is 1. The van der Waals surface area contributed by atoms with Crippen molar-refractivity contribution in [1.29, 1.82) is 0 Å². The monoisotopic (exact) mass is 183 g/mol. The summed E-state index contributed by atoms with van der Waals surface area (Å²) in [6.45, 7) is 6.99. The molecule has 13 heavy (non-hydrogen) atoms. The van der Waals surface area contributed by atoms with Crippen LogP contribution in [0.1, 0.15) is 19.8 Å². The molecule has 2 rings (SSSR count). The number of piperazine rings is 1. The van der Waals surface area contributed by atoms with Crippen molar-refractivity contribution in [2.24, 2.45) is 5.73 Å². The summed E-state index contributed by atoms with van der Waals surface area (Å²) >= 11 is 0. The topological polar surface area (TPSA) is 32.5 Å². The number of rotatable bonds is 2. The average molecular weight is 183 g/mol. The summed E-state index contributed by atoms with van der Waals surface area (Å²) in [5.41, 5.74) is 6.29. The summed E-state index contributed by atoms with van der Waals surface area (Å²) in [5.74, 6) is 0. The Balaban J connectivity index is 1.81. The molecule has 1 atom stereocenters. The van der Waals surface area contributed by atoms with E-state index in [0.29, 0.717) is 6.04 Å². The summed E-state index contributed by atoms with van der Waals surface area (Å²) in [5, 5.41) is 0. The standard InChI is InChI=1S/C10H21N3/c1-9-7-13(6-5-12(9)2)8-10(11)3-4-10/h9H,3-8,11H2,1-2H3. The lowest BCUT2D eigenvalue weighted by atomic mass is 10.1. The van der Waals surface area contributed by atoms with Gasteiger partial charge in [-0.2, -0.15) is 0 Å². The highest BCUT2D eigenvalue weighted by atomic mass is 15.3. The first-order valence-corrected chi connectivity index (χ1v) is 5.31. The lowest BCUT2D eigenvalue weighted by Gasteiger charge is -2.38. The summed E-state index contributed by atoms with van der Waals surface area (Å²) in [4.78, 5) is 4.95. The van der Waals surface area contributed by atoms with Gasteiger partial charge in [0.05, 0.1) is 0 Å². The smallest absolute Gasteiger partial charge is 0.0284 e. The molecule has 0 aromatic carbocycles. The van der Waals surface area contributed by atoms with Crippen LogP contribution in [0.25, 0.3) is 0 Å². The number of hydrogen-bond acceptors (Lipinski definition) is 3. The van der Waals surface area contributed by atoms with Crippen LogP contribution in [0.5, 0.6) is 0 Å². The van der Waals surface area contributed by atoms with Crippen LogP contribution in [0.4, 0.5) is 0 Å². The van der Waals surface area contributed by atoms with Gasteiger partial charge < -0.3 is 10.6 Å². The molecular weight excluding hydrogens is 162 g/mol. The molecule has 1 saturated heterocycles. The molecule has 0 amide bonds. The molecule has 1 aliphatic heterocycles. The third-order valence-electron chi connectivity index (χ3n) is 3.47.